The molecule has 0 radical (unpaired) electrons. The zero-order valence-electron chi connectivity index (χ0n) is 12.8. The quantitative estimate of drug-likeness (QED) is 0.306. The van der Waals surface area contributed by atoms with Crippen LogP contribution in [0.15, 0.2) is 35.5 Å². The van der Waals surface area contributed by atoms with E-state index in [4.69, 9.17) is 10.9 Å². The van der Waals surface area contributed by atoms with Crippen LogP contribution in [0.3, 0.4) is 0 Å². The molecule has 0 aliphatic heterocycles. The second kappa shape index (κ2) is 8.26. The van der Waals surface area contributed by atoms with Crippen molar-refractivity contribution in [3.8, 4) is 0 Å². The van der Waals surface area contributed by atoms with Crippen LogP contribution < -0.4 is 11.1 Å². The lowest BCUT2D eigenvalue weighted by atomic mass is 10.0. The molecule has 0 bridgehead atoms. The highest BCUT2D eigenvalue weighted by Gasteiger charge is 2.22. The van der Waals surface area contributed by atoms with Crippen LogP contribution in [0.1, 0.15) is 31.9 Å². The van der Waals surface area contributed by atoms with Crippen LogP contribution in [0.4, 0.5) is 0 Å². The number of hydrogen-bond acceptors (Lipinski definition) is 4. The van der Waals surface area contributed by atoms with Crippen molar-refractivity contribution in [1.29, 1.82) is 0 Å². The lowest BCUT2D eigenvalue weighted by molar-refractivity contribution is -0.131. The number of rotatable bonds is 7. The molecule has 4 N–H and O–H groups in total. The largest absolute Gasteiger partial charge is 0.409 e. The van der Waals surface area contributed by atoms with Gasteiger partial charge in [0.2, 0.25) is 5.91 Å². The van der Waals surface area contributed by atoms with Crippen LogP contribution in [0.25, 0.3) is 0 Å². The number of amides is 1. The van der Waals surface area contributed by atoms with Crippen LogP contribution in [0.2, 0.25) is 0 Å². The van der Waals surface area contributed by atoms with Crippen LogP contribution >= 0.6 is 0 Å². The highest BCUT2D eigenvalue weighted by Crippen LogP contribution is 2.17. The Morgan fingerprint density at radius 2 is 2.05 bits per heavy atom. The number of carbonyl (C=O) groups is 1. The molecule has 1 amide bonds. The minimum absolute atomic E-state index is 0.0120. The standard InChI is InChI=1S/C15H24N4O2/c1-4-19(3)15(20)11(2)17-13(10-14(16)18-21)12-8-6-5-7-9-12/h5-9,11,13,17,21H,4,10H2,1-3H3,(H2,16,18). The molecule has 1 aromatic carbocycles. The fourth-order valence-electron chi connectivity index (χ4n) is 2.07. The number of hydrogen-bond donors (Lipinski definition) is 3. The minimum Gasteiger partial charge on any atom is -0.409 e. The minimum atomic E-state index is -0.355. The van der Waals surface area contributed by atoms with Gasteiger partial charge in [0.15, 0.2) is 0 Å². The van der Waals surface area contributed by atoms with Gasteiger partial charge >= 0.3 is 0 Å². The predicted octanol–water partition coefficient (Wildman–Crippen LogP) is 1.32. The van der Waals surface area contributed by atoms with E-state index >= 15 is 0 Å². The van der Waals surface area contributed by atoms with Crippen molar-refractivity contribution in [2.45, 2.75) is 32.4 Å². The molecule has 6 heteroatoms. The Hall–Kier alpha value is -2.08. The van der Waals surface area contributed by atoms with Gasteiger partial charge in [-0.2, -0.15) is 0 Å². The number of nitrogens with zero attached hydrogens (tertiary/aromatic N) is 2. The van der Waals surface area contributed by atoms with Gasteiger partial charge in [0.25, 0.3) is 0 Å². The van der Waals surface area contributed by atoms with Crippen molar-refractivity contribution in [3.05, 3.63) is 35.9 Å². The van der Waals surface area contributed by atoms with Gasteiger partial charge in [-0.3, -0.25) is 10.1 Å². The predicted molar refractivity (Wildman–Crippen MR) is 83.1 cm³/mol. The van der Waals surface area contributed by atoms with Crippen LogP contribution in [-0.4, -0.2) is 41.5 Å². The molecule has 0 saturated heterocycles. The molecule has 0 heterocycles. The molecule has 1 rings (SSSR count). The maximum Gasteiger partial charge on any atom is 0.239 e. The average Bonchev–Trinajstić information content (AvgIpc) is 2.53. The van der Waals surface area contributed by atoms with Crippen molar-refractivity contribution in [1.82, 2.24) is 10.2 Å². The molecule has 21 heavy (non-hydrogen) atoms. The Morgan fingerprint density at radius 1 is 1.43 bits per heavy atom. The molecule has 0 spiro atoms. The fraction of sp³-hybridized carbons (Fsp3) is 0.467. The van der Waals surface area contributed by atoms with Gasteiger partial charge in [0.1, 0.15) is 5.84 Å². The Balaban J connectivity index is 2.85. The molecule has 0 fully saturated rings. The Kier molecular flexibility index (Phi) is 6.68. The molecule has 0 aliphatic carbocycles. The average molecular weight is 292 g/mol. The van der Waals surface area contributed by atoms with E-state index in [1.807, 2.05) is 44.2 Å². The summed E-state index contributed by atoms with van der Waals surface area (Å²) in [4.78, 5) is 13.8. The third-order valence-electron chi connectivity index (χ3n) is 3.42. The number of amidine groups is 1. The van der Waals surface area contributed by atoms with Crippen LogP contribution in [0.5, 0.6) is 0 Å². The molecule has 0 saturated carbocycles. The molecule has 2 atom stereocenters. The van der Waals surface area contributed by atoms with Gasteiger partial charge < -0.3 is 15.8 Å². The third kappa shape index (κ3) is 5.07. The van der Waals surface area contributed by atoms with E-state index < -0.39 is 0 Å². The zero-order valence-corrected chi connectivity index (χ0v) is 12.8. The summed E-state index contributed by atoms with van der Waals surface area (Å²) in [5.41, 5.74) is 6.60. The second-order valence-corrected chi connectivity index (χ2v) is 5.00. The first-order valence-electron chi connectivity index (χ1n) is 7.02. The van der Waals surface area contributed by atoms with Crippen molar-refractivity contribution >= 4 is 11.7 Å². The van der Waals surface area contributed by atoms with Crippen LogP contribution in [0, 0.1) is 0 Å². The summed E-state index contributed by atoms with van der Waals surface area (Å²) in [6.07, 6.45) is 0.327. The van der Waals surface area contributed by atoms with E-state index in [-0.39, 0.29) is 23.8 Å². The SMILES string of the molecule is CCN(C)C(=O)C(C)NC(C/C(N)=N/O)c1ccccc1. The van der Waals surface area contributed by atoms with Crippen molar-refractivity contribution < 1.29 is 10.0 Å². The lowest BCUT2D eigenvalue weighted by Crippen LogP contribution is -2.45. The van der Waals surface area contributed by atoms with E-state index in [0.29, 0.717) is 13.0 Å². The second-order valence-electron chi connectivity index (χ2n) is 5.00. The third-order valence-corrected chi connectivity index (χ3v) is 3.42. The first-order valence-corrected chi connectivity index (χ1v) is 7.02. The highest BCUT2D eigenvalue weighted by atomic mass is 16.4. The summed E-state index contributed by atoms with van der Waals surface area (Å²) in [6, 6.07) is 9.11. The first-order chi connectivity index (χ1) is 9.99. The van der Waals surface area contributed by atoms with E-state index in [2.05, 4.69) is 10.5 Å². The summed E-state index contributed by atoms with van der Waals surface area (Å²) in [6.45, 7) is 4.40. The normalized spacial score (nSPS) is 14.5. The summed E-state index contributed by atoms with van der Waals surface area (Å²) in [7, 11) is 1.77. The number of likely N-dealkylation sites (N-methyl/N-ethyl adjacent to an activating group) is 1. The summed E-state index contributed by atoms with van der Waals surface area (Å²) in [5, 5.41) is 15.0. The van der Waals surface area contributed by atoms with Crippen LogP contribution in [-0.2, 0) is 4.79 Å². The number of benzene rings is 1. The Morgan fingerprint density at radius 3 is 2.57 bits per heavy atom. The summed E-state index contributed by atoms with van der Waals surface area (Å²) in [5.74, 6) is 0.137. The van der Waals surface area contributed by atoms with Crippen molar-refractivity contribution in [2.24, 2.45) is 10.9 Å². The van der Waals surface area contributed by atoms with Gasteiger partial charge in [-0.25, -0.2) is 0 Å². The van der Waals surface area contributed by atoms with E-state index in [1.165, 1.54) is 0 Å². The summed E-state index contributed by atoms with van der Waals surface area (Å²) < 4.78 is 0. The molecule has 0 aliphatic rings. The molecule has 0 aromatic heterocycles. The van der Waals surface area contributed by atoms with Gasteiger partial charge in [-0.15, -0.1) is 0 Å². The molecule has 6 nitrogen and oxygen atoms in total. The molecule has 2 unspecified atom stereocenters. The first kappa shape index (κ1) is 17.0. The maximum absolute atomic E-state index is 12.1. The number of oxime groups is 1. The maximum atomic E-state index is 12.1. The Bertz CT molecular complexity index is 476. The smallest absolute Gasteiger partial charge is 0.239 e. The van der Waals surface area contributed by atoms with Gasteiger partial charge in [-0.1, -0.05) is 35.5 Å². The van der Waals surface area contributed by atoms with Gasteiger partial charge in [0.05, 0.1) is 6.04 Å². The molecule has 1 aromatic rings. The molecular weight excluding hydrogens is 268 g/mol. The van der Waals surface area contributed by atoms with Crippen molar-refractivity contribution in [2.75, 3.05) is 13.6 Å². The zero-order chi connectivity index (χ0) is 15.8. The van der Waals surface area contributed by atoms with Gasteiger partial charge in [-0.05, 0) is 19.4 Å². The number of nitrogens with one attached hydrogen (secondary N) is 1. The summed E-state index contributed by atoms with van der Waals surface area (Å²) >= 11 is 0. The van der Waals surface area contributed by atoms with Crippen molar-refractivity contribution in [3.63, 3.8) is 0 Å². The monoisotopic (exact) mass is 292 g/mol. The Labute approximate surface area is 125 Å². The number of carbonyl (C=O) groups excluding carboxylic acids is 1. The number of nitrogens with two attached hydrogens (primary N) is 1. The van der Waals surface area contributed by atoms with E-state index in [1.54, 1.807) is 11.9 Å². The molecule has 116 valence electrons. The fourth-order valence-corrected chi connectivity index (χ4v) is 2.07. The van der Waals surface area contributed by atoms with E-state index in [9.17, 15) is 4.79 Å². The highest BCUT2D eigenvalue weighted by molar-refractivity contribution is 5.82. The lowest BCUT2D eigenvalue weighted by Gasteiger charge is -2.26. The topological polar surface area (TPSA) is 91.0 Å². The van der Waals surface area contributed by atoms with E-state index in [0.717, 1.165) is 5.56 Å². The molecular formula is C15H24N4O2. The van der Waals surface area contributed by atoms with Gasteiger partial charge in [0, 0.05) is 26.1 Å².